The summed E-state index contributed by atoms with van der Waals surface area (Å²) in [6.45, 7) is 4.53. The van der Waals surface area contributed by atoms with Crippen LogP contribution in [0.5, 0.6) is 0 Å². The quantitative estimate of drug-likeness (QED) is 0.230. The van der Waals surface area contributed by atoms with Crippen LogP contribution in [-0.4, -0.2) is 5.75 Å². The fraction of sp³-hybridized carbons (Fsp3) is 0.950. The normalized spacial score (nSPS) is 11.1. The van der Waals surface area contributed by atoms with Crippen molar-refractivity contribution >= 4 is 11.8 Å². The molecule has 0 spiro atoms. The van der Waals surface area contributed by atoms with Crippen molar-refractivity contribution in [1.82, 2.24) is 0 Å². The fourth-order valence-electron chi connectivity index (χ4n) is 2.80. The highest BCUT2D eigenvalue weighted by Gasteiger charge is 1.94. The minimum absolute atomic E-state index is 1.23. The van der Waals surface area contributed by atoms with Crippen molar-refractivity contribution in [3.63, 3.8) is 0 Å². The van der Waals surface area contributed by atoms with E-state index in [1.807, 2.05) is 11.8 Å². The molecule has 127 valence electrons. The van der Waals surface area contributed by atoms with E-state index in [1.54, 1.807) is 0 Å². The Bertz CT molecular complexity index is 149. The molecule has 1 heteroatoms. The van der Waals surface area contributed by atoms with E-state index < -0.39 is 0 Å². The van der Waals surface area contributed by atoms with Crippen molar-refractivity contribution < 1.29 is 0 Å². The first kappa shape index (κ1) is 21.4. The van der Waals surface area contributed by atoms with Gasteiger partial charge in [0.2, 0.25) is 0 Å². The summed E-state index contributed by atoms with van der Waals surface area (Å²) in [5.74, 6) is 3.63. The van der Waals surface area contributed by atoms with E-state index in [-0.39, 0.29) is 0 Å². The molecule has 0 aliphatic rings. The molecule has 0 nitrogen and oxygen atoms in total. The molecule has 0 fully saturated rings. The molecule has 0 saturated heterocycles. The van der Waals surface area contributed by atoms with Gasteiger partial charge in [0.1, 0.15) is 0 Å². The Morgan fingerprint density at radius 1 is 0.524 bits per heavy atom. The number of unbranched alkanes of at least 4 members (excludes halogenated alkanes) is 15. The van der Waals surface area contributed by atoms with Crippen LogP contribution in [0.1, 0.15) is 117 Å². The smallest absolute Gasteiger partial charge is 0.0166 e. The Labute approximate surface area is 140 Å². The van der Waals surface area contributed by atoms with Crippen molar-refractivity contribution in [2.45, 2.75) is 117 Å². The van der Waals surface area contributed by atoms with Gasteiger partial charge in [0, 0.05) is 5.75 Å². The minimum Gasteiger partial charge on any atom is -0.158 e. The second-order valence-electron chi connectivity index (χ2n) is 6.36. The van der Waals surface area contributed by atoms with E-state index in [9.17, 15) is 0 Å². The van der Waals surface area contributed by atoms with Crippen molar-refractivity contribution in [2.75, 3.05) is 5.75 Å². The summed E-state index contributed by atoms with van der Waals surface area (Å²) >= 11 is 1.97. The van der Waals surface area contributed by atoms with Crippen molar-refractivity contribution in [2.24, 2.45) is 0 Å². The second-order valence-corrected chi connectivity index (χ2v) is 7.60. The molecule has 0 aromatic carbocycles. The zero-order valence-electron chi connectivity index (χ0n) is 15.0. The summed E-state index contributed by atoms with van der Waals surface area (Å²) in [7, 11) is 0. The van der Waals surface area contributed by atoms with Gasteiger partial charge in [-0.1, -0.05) is 110 Å². The first-order chi connectivity index (χ1) is 10.4. The lowest BCUT2D eigenvalue weighted by Gasteiger charge is -2.03. The third-order valence-corrected chi connectivity index (χ3v) is 5.01. The average Bonchev–Trinajstić information content (AvgIpc) is 2.50. The van der Waals surface area contributed by atoms with Crippen LogP contribution in [0, 0.1) is 5.75 Å². The molecule has 21 heavy (non-hydrogen) atoms. The van der Waals surface area contributed by atoms with Crippen LogP contribution in [0.2, 0.25) is 0 Å². The van der Waals surface area contributed by atoms with Crippen LogP contribution in [0.25, 0.3) is 0 Å². The topological polar surface area (TPSA) is 0 Å². The third kappa shape index (κ3) is 20.4. The van der Waals surface area contributed by atoms with Crippen LogP contribution in [-0.2, 0) is 0 Å². The Balaban J connectivity index is 2.90. The second kappa shape index (κ2) is 20.3. The van der Waals surface area contributed by atoms with Gasteiger partial charge in [-0.25, -0.2) is 0 Å². The predicted octanol–water partition coefficient (Wildman–Crippen LogP) is 8.16. The van der Waals surface area contributed by atoms with Gasteiger partial charge >= 0.3 is 0 Å². The highest BCUT2D eigenvalue weighted by atomic mass is 32.2. The predicted molar refractivity (Wildman–Crippen MR) is 102 cm³/mol. The maximum atomic E-state index is 2.39. The van der Waals surface area contributed by atoms with E-state index in [4.69, 9.17) is 0 Å². The molecule has 0 N–H and O–H groups in total. The summed E-state index contributed by atoms with van der Waals surface area (Å²) in [5.41, 5.74) is 0. The molecule has 0 amide bonds. The van der Waals surface area contributed by atoms with Gasteiger partial charge in [0.25, 0.3) is 0 Å². The zero-order chi connectivity index (χ0) is 15.4. The molecule has 0 rings (SSSR count). The lowest BCUT2D eigenvalue weighted by molar-refractivity contribution is 0.532. The molecular weight excluding hydrogens is 272 g/mol. The lowest BCUT2D eigenvalue weighted by atomic mass is 10.0. The van der Waals surface area contributed by atoms with Gasteiger partial charge < -0.3 is 0 Å². The Hall–Kier alpha value is 0.350. The molecule has 0 unspecified atom stereocenters. The van der Waals surface area contributed by atoms with Crippen molar-refractivity contribution in [3.8, 4) is 0 Å². The van der Waals surface area contributed by atoms with E-state index in [1.165, 1.54) is 108 Å². The summed E-state index contributed by atoms with van der Waals surface area (Å²) < 4.78 is 0. The van der Waals surface area contributed by atoms with Gasteiger partial charge in [0.15, 0.2) is 0 Å². The van der Waals surface area contributed by atoms with Crippen LogP contribution >= 0.6 is 11.8 Å². The standard InChI is InChI=1S/C20H41S/c1-3-5-6-7-8-9-10-11-12-13-14-15-16-17-18-19-20-21-4-2/h20H,3-19H2,1-2H3. The SMILES string of the molecule is CCCCCCCCCCCCCCCCC[CH]SCC. The summed E-state index contributed by atoms with van der Waals surface area (Å²) in [5, 5.41) is 0. The van der Waals surface area contributed by atoms with Gasteiger partial charge in [0.05, 0.1) is 0 Å². The molecule has 0 aromatic rings. The first-order valence-corrected chi connectivity index (χ1v) is 10.9. The zero-order valence-corrected chi connectivity index (χ0v) is 15.8. The fourth-order valence-corrected chi connectivity index (χ4v) is 3.37. The molecule has 0 bridgehead atoms. The Morgan fingerprint density at radius 2 is 0.905 bits per heavy atom. The lowest BCUT2D eigenvalue weighted by Crippen LogP contribution is -1.83. The monoisotopic (exact) mass is 313 g/mol. The Kier molecular flexibility index (Phi) is 20.7. The molecule has 1 radical (unpaired) electrons. The molecule has 0 aliphatic carbocycles. The van der Waals surface area contributed by atoms with Crippen LogP contribution < -0.4 is 0 Å². The molecular formula is C20H41S. The number of hydrogen-bond donors (Lipinski definition) is 0. The van der Waals surface area contributed by atoms with Gasteiger partial charge in [-0.3, -0.25) is 0 Å². The number of hydrogen-bond acceptors (Lipinski definition) is 1. The van der Waals surface area contributed by atoms with E-state index in [2.05, 4.69) is 19.6 Å². The number of rotatable bonds is 18. The number of thioether (sulfide) groups is 1. The molecule has 0 heterocycles. The first-order valence-electron chi connectivity index (χ1n) is 9.85. The van der Waals surface area contributed by atoms with Crippen LogP contribution in [0.15, 0.2) is 0 Å². The molecule has 0 atom stereocenters. The largest absolute Gasteiger partial charge is 0.158 e. The van der Waals surface area contributed by atoms with Crippen LogP contribution in [0.4, 0.5) is 0 Å². The van der Waals surface area contributed by atoms with Gasteiger partial charge in [-0.2, -0.15) is 11.8 Å². The third-order valence-electron chi connectivity index (χ3n) is 4.21. The van der Waals surface area contributed by atoms with Crippen molar-refractivity contribution in [1.29, 1.82) is 0 Å². The minimum atomic E-state index is 1.23. The summed E-state index contributed by atoms with van der Waals surface area (Å²) in [6, 6.07) is 0. The summed E-state index contributed by atoms with van der Waals surface area (Å²) in [4.78, 5) is 0. The maximum Gasteiger partial charge on any atom is 0.0166 e. The molecule has 0 aliphatic heterocycles. The average molecular weight is 314 g/mol. The van der Waals surface area contributed by atoms with E-state index >= 15 is 0 Å². The molecule has 0 aromatic heterocycles. The van der Waals surface area contributed by atoms with Gasteiger partial charge in [-0.15, -0.1) is 0 Å². The van der Waals surface area contributed by atoms with E-state index in [0.29, 0.717) is 0 Å². The van der Waals surface area contributed by atoms with E-state index in [0.717, 1.165) is 0 Å². The molecule has 0 saturated carbocycles. The maximum absolute atomic E-state index is 2.39. The summed E-state index contributed by atoms with van der Waals surface area (Å²) in [6.07, 6.45) is 23.2. The van der Waals surface area contributed by atoms with Crippen molar-refractivity contribution in [3.05, 3.63) is 5.75 Å². The van der Waals surface area contributed by atoms with Gasteiger partial charge in [-0.05, 0) is 12.2 Å². The Morgan fingerprint density at radius 3 is 1.29 bits per heavy atom. The highest BCUT2D eigenvalue weighted by molar-refractivity contribution is 8.01. The van der Waals surface area contributed by atoms with Crippen LogP contribution in [0.3, 0.4) is 0 Å². The highest BCUT2D eigenvalue weighted by Crippen LogP contribution is 2.15.